The molecule has 0 saturated heterocycles. The first kappa shape index (κ1) is 12.5. The highest BCUT2D eigenvalue weighted by molar-refractivity contribution is 5.84. The predicted molar refractivity (Wildman–Crippen MR) is 60.9 cm³/mol. The lowest BCUT2D eigenvalue weighted by molar-refractivity contribution is -0.153. The number of para-hydroxylation sites is 1. The van der Waals surface area contributed by atoms with Gasteiger partial charge in [-0.1, -0.05) is 6.07 Å². The standard InChI is InChI=1S/C12H10F3NO2/c1-7-5-9(17)8-3-2-4-10(11(8)16-7)18-6-12(13,14)15/h2-5H,6H2,1H3,(H,16,17). The molecule has 0 aliphatic heterocycles. The molecule has 0 spiro atoms. The molecule has 1 heterocycles. The number of hydrogen-bond donors (Lipinski definition) is 1. The average molecular weight is 257 g/mol. The molecule has 1 aromatic carbocycles. The van der Waals surface area contributed by atoms with Crippen LogP contribution in [0.4, 0.5) is 13.2 Å². The molecule has 0 saturated carbocycles. The van der Waals surface area contributed by atoms with Crippen LogP contribution in [0.2, 0.25) is 0 Å². The van der Waals surface area contributed by atoms with Crippen molar-refractivity contribution < 1.29 is 17.9 Å². The number of aromatic nitrogens is 1. The highest BCUT2D eigenvalue weighted by Gasteiger charge is 2.28. The van der Waals surface area contributed by atoms with Crippen LogP contribution in [0, 0.1) is 6.92 Å². The first-order valence-corrected chi connectivity index (χ1v) is 5.19. The SMILES string of the molecule is Cc1cc(=O)c2cccc(OCC(F)(F)F)c2[nH]1. The summed E-state index contributed by atoms with van der Waals surface area (Å²) in [6.07, 6.45) is -4.41. The summed E-state index contributed by atoms with van der Waals surface area (Å²) in [5, 5.41) is 0.306. The first-order valence-electron chi connectivity index (χ1n) is 5.19. The van der Waals surface area contributed by atoms with Crippen molar-refractivity contribution in [3.63, 3.8) is 0 Å². The number of aromatic amines is 1. The molecular formula is C12H10F3NO2. The summed E-state index contributed by atoms with van der Waals surface area (Å²) in [7, 11) is 0. The third kappa shape index (κ3) is 2.64. The minimum Gasteiger partial charge on any atom is -0.482 e. The normalized spacial score (nSPS) is 11.8. The Morgan fingerprint density at radius 3 is 2.72 bits per heavy atom. The van der Waals surface area contributed by atoms with Crippen molar-refractivity contribution in [3.05, 3.63) is 40.2 Å². The molecule has 6 heteroatoms. The zero-order valence-electron chi connectivity index (χ0n) is 9.47. The van der Waals surface area contributed by atoms with Crippen molar-refractivity contribution in [3.8, 4) is 5.75 Å². The van der Waals surface area contributed by atoms with Gasteiger partial charge in [-0.2, -0.15) is 13.2 Å². The second-order valence-corrected chi connectivity index (χ2v) is 3.90. The average Bonchev–Trinajstić information content (AvgIpc) is 2.25. The van der Waals surface area contributed by atoms with E-state index in [-0.39, 0.29) is 16.7 Å². The molecule has 0 bridgehead atoms. The number of hydrogen-bond acceptors (Lipinski definition) is 2. The number of aryl methyl sites for hydroxylation is 1. The molecule has 0 fully saturated rings. The van der Waals surface area contributed by atoms with Gasteiger partial charge in [0.1, 0.15) is 5.75 Å². The molecule has 18 heavy (non-hydrogen) atoms. The molecular weight excluding hydrogens is 247 g/mol. The van der Waals surface area contributed by atoms with Crippen LogP contribution in [0.25, 0.3) is 10.9 Å². The van der Waals surface area contributed by atoms with E-state index in [0.717, 1.165) is 0 Å². The van der Waals surface area contributed by atoms with Gasteiger partial charge in [0.25, 0.3) is 0 Å². The fraction of sp³-hybridized carbons (Fsp3) is 0.250. The van der Waals surface area contributed by atoms with Crippen molar-refractivity contribution in [1.82, 2.24) is 4.98 Å². The lowest BCUT2D eigenvalue weighted by Crippen LogP contribution is -2.19. The van der Waals surface area contributed by atoms with Crippen LogP contribution in [0.5, 0.6) is 5.75 Å². The Morgan fingerprint density at radius 2 is 2.06 bits per heavy atom. The Morgan fingerprint density at radius 1 is 1.33 bits per heavy atom. The molecule has 0 atom stereocenters. The van der Waals surface area contributed by atoms with Gasteiger partial charge in [-0.05, 0) is 19.1 Å². The van der Waals surface area contributed by atoms with Gasteiger partial charge < -0.3 is 9.72 Å². The number of fused-ring (bicyclic) bond motifs is 1. The van der Waals surface area contributed by atoms with E-state index in [9.17, 15) is 18.0 Å². The minimum absolute atomic E-state index is 0.0191. The highest BCUT2D eigenvalue weighted by Crippen LogP contribution is 2.24. The van der Waals surface area contributed by atoms with Gasteiger partial charge in [0.2, 0.25) is 0 Å². The van der Waals surface area contributed by atoms with Crippen LogP contribution >= 0.6 is 0 Å². The maximum atomic E-state index is 12.1. The Bertz CT molecular complexity index is 631. The third-order valence-electron chi connectivity index (χ3n) is 2.35. The summed E-state index contributed by atoms with van der Waals surface area (Å²) in [5.74, 6) is 0.0191. The fourth-order valence-corrected chi connectivity index (χ4v) is 1.65. The molecule has 0 aliphatic carbocycles. The Balaban J connectivity index is 2.48. The van der Waals surface area contributed by atoms with Gasteiger partial charge in [0.15, 0.2) is 12.0 Å². The molecule has 2 rings (SSSR count). The van der Waals surface area contributed by atoms with Crippen LogP contribution in [0.15, 0.2) is 29.1 Å². The van der Waals surface area contributed by atoms with Crippen LogP contribution in [0.3, 0.4) is 0 Å². The predicted octanol–water partition coefficient (Wildman–Crippen LogP) is 2.78. The van der Waals surface area contributed by atoms with Gasteiger partial charge in [-0.15, -0.1) is 0 Å². The quantitative estimate of drug-likeness (QED) is 0.898. The number of rotatable bonds is 2. The zero-order valence-corrected chi connectivity index (χ0v) is 9.47. The largest absolute Gasteiger partial charge is 0.482 e. The van der Waals surface area contributed by atoms with E-state index in [2.05, 4.69) is 4.98 Å². The second-order valence-electron chi connectivity index (χ2n) is 3.90. The van der Waals surface area contributed by atoms with Gasteiger partial charge >= 0.3 is 6.18 Å². The smallest absolute Gasteiger partial charge is 0.422 e. The van der Waals surface area contributed by atoms with Crippen LogP contribution < -0.4 is 10.2 Å². The molecule has 96 valence electrons. The molecule has 0 aliphatic rings. The monoisotopic (exact) mass is 257 g/mol. The number of ether oxygens (including phenoxy) is 1. The lowest BCUT2D eigenvalue weighted by atomic mass is 10.2. The molecule has 0 amide bonds. The summed E-state index contributed by atoms with van der Waals surface area (Å²) < 4.78 is 41.0. The molecule has 0 unspecified atom stereocenters. The highest BCUT2D eigenvalue weighted by atomic mass is 19.4. The van der Waals surface area contributed by atoms with Gasteiger partial charge in [-0.3, -0.25) is 4.79 Å². The van der Waals surface area contributed by atoms with Crippen LogP contribution in [-0.2, 0) is 0 Å². The van der Waals surface area contributed by atoms with Crippen LogP contribution in [-0.4, -0.2) is 17.8 Å². The van der Waals surface area contributed by atoms with Gasteiger partial charge in [0.05, 0.1) is 5.52 Å². The summed E-state index contributed by atoms with van der Waals surface area (Å²) >= 11 is 0. The summed E-state index contributed by atoms with van der Waals surface area (Å²) in [6.45, 7) is 0.267. The number of alkyl halides is 3. The number of nitrogens with one attached hydrogen (secondary N) is 1. The van der Waals surface area contributed by atoms with E-state index in [4.69, 9.17) is 4.74 Å². The number of pyridine rings is 1. The van der Waals surface area contributed by atoms with E-state index in [1.165, 1.54) is 24.3 Å². The maximum Gasteiger partial charge on any atom is 0.422 e. The van der Waals surface area contributed by atoms with Crippen molar-refractivity contribution in [2.45, 2.75) is 13.1 Å². The molecule has 0 radical (unpaired) electrons. The number of halogens is 3. The molecule has 1 N–H and O–H groups in total. The summed E-state index contributed by atoms with van der Waals surface area (Å²) in [4.78, 5) is 14.5. The van der Waals surface area contributed by atoms with Crippen molar-refractivity contribution in [2.24, 2.45) is 0 Å². The maximum absolute atomic E-state index is 12.1. The van der Waals surface area contributed by atoms with Gasteiger partial charge in [-0.25, -0.2) is 0 Å². The second kappa shape index (κ2) is 4.36. The summed E-state index contributed by atoms with van der Waals surface area (Å²) in [6, 6.07) is 5.80. The van der Waals surface area contributed by atoms with Crippen LogP contribution in [0.1, 0.15) is 5.69 Å². The summed E-state index contributed by atoms with van der Waals surface area (Å²) in [5.41, 5.74) is 0.598. The van der Waals surface area contributed by atoms with E-state index in [1.54, 1.807) is 6.92 Å². The molecule has 3 nitrogen and oxygen atoms in total. The zero-order chi connectivity index (χ0) is 13.3. The number of H-pyrrole nitrogens is 1. The van der Waals surface area contributed by atoms with E-state index in [1.807, 2.05) is 0 Å². The topological polar surface area (TPSA) is 42.1 Å². The van der Waals surface area contributed by atoms with E-state index < -0.39 is 12.8 Å². The van der Waals surface area contributed by atoms with Crippen molar-refractivity contribution in [2.75, 3.05) is 6.61 Å². The Kier molecular flexibility index (Phi) is 3.02. The Hall–Kier alpha value is -1.98. The van der Waals surface area contributed by atoms with Crippen molar-refractivity contribution in [1.29, 1.82) is 0 Å². The minimum atomic E-state index is -4.41. The van der Waals surface area contributed by atoms with Crippen molar-refractivity contribution >= 4 is 10.9 Å². The fourth-order valence-electron chi connectivity index (χ4n) is 1.65. The third-order valence-corrected chi connectivity index (χ3v) is 2.35. The van der Waals surface area contributed by atoms with E-state index >= 15 is 0 Å². The van der Waals surface area contributed by atoms with E-state index in [0.29, 0.717) is 11.1 Å². The van der Waals surface area contributed by atoms with Gasteiger partial charge in [0, 0.05) is 17.1 Å². The first-order chi connectivity index (χ1) is 8.37. The lowest BCUT2D eigenvalue weighted by Gasteiger charge is -2.11. The molecule has 1 aromatic heterocycles. The number of benzene rings is 1. The molecule has 2 aromatic rings. The Labute approximate surface area is 100 Å².